The zero-order chi connectivity index (χ0) is 15.3. The largest absolute Gasteiger partial charge is 0.348 e. The number of hydrogen-bond donors (Lipinski definition) is 0. The highest BCUT2D eigenvalue weighted by atomic mass is 16.2. The minimum Gasteiger partial charge on any atom is -0.348 e. The second-order valence-corrected chi connectivity index (χ2v) is 5.42. The van der Waals surface area contributed by atoms with Gasteiger partial charge >= 0.3 is 5.69 Å². The highest BCUT2D eigenvalue weighted by Crippen LogP contribution is 2.27. The van der Waals surface area contributed by atoms with Gasteiger partial charge in [-0.05, 0) is 18.6 Å². The van der Waals surface area contributed by atoms with Crippen LogP contribution in [0.15, 0.2) is 40.1 Å². The van der Waals surface area contributed by atoms with Gasteiger partial charge in [-0.25, -0.2) is 4.79 Å². The van der Waals surface area contributed by atoms with E-state index < -0.39 is 0 Å². The summed E-state index contributed by atoms with van der Waals surface area (Å²) in [6.45, 7) is 2.02. The Morgan fingerprint density at radius 1 is 1.00 bits per heavy atom. The molecule has 5 nitrogen and oxygen atoms in total. The molecular formula is C16H17N3O2. The molecule has 1 aromatic carbocycles. The summed E-state index contributed by atoms with van der Waals surface area (Å²) in [4.78, 5) is 24.6. The molecule has 2 aromatic heterocycles. The fourth-order valence-electron chi connectivity index (χ4n) is 2.80. The molecule has 0 bridgehead atoms. The van der Waals surface area contributed by atoms with Gasteiger partial charge in [-0.2, -0.15) is 0 Å². The van der Waals surface area contributed by atoms with Crippen LogP contribution in [0.25, 0.3) is 22.2 Å². The first-order chi connectivity index (χ1) is 9.91. The zero-order valence-corrected chi connectivity index (χ0v) is 12.5. The highest BCUT2D eigenvalue weighted by Gasteiger charge is 2.17. The maximum absolute atomic E-state index is 12.5. The number of nitrogens with zero attached hydrogens (tertiary/aromatic N) is 3. The fraction of sp³-hybridized carbons (Fsp3) is 0.250. The van der Waals surface area contributed by atoms with Crippen LogP contribution >= 0.6 is 0 Å². The summed E-state index contributed by atoms with van der Waals surface area (Å²) in [5, 5.41) is 0.577. The SMILES string of the molecule is Cc1cccc(-c2c3c(=O)n(C)c(=O)n(C)c3cn2C)c1. The van der Waals surface area contributed by atoms with Crippen molar-refractivity contribution in [1.29, 1.82) is 0 Å². The molecule has 2 heterocycles. The summed E-state index contributed by atoms with van der Waals surface area (Å²) in [7, 11) is 5.09. The van der Waals surface area contributed by atoms with Crippen LogP contribution in [0.1, 0.15) is 5.56 Å². The molecule has 108 valence electrons. The number of rotatable bonds is 1. The van der Waals surface area contributed by atoms with Gasteiger partial charge in [-0.3, -0.25) is 13.9 Å². The van der Waals surface area contributed by atoms with E-state index in [1.807, 2.05) is 49.0 Å². The Morgan fingerprint density at radius 2 is 1.71 bits per heavy atom. The van der Waals surface area contributed by atoms with Gasteiger partial charge in [0.1, 0.15) is 0 Å². The first-order valence-corrected chi connectivity index (χ1v) is 6.74. The number of aromatic nitrogens is 3. The lowest BCUT2D eigenvalue weighted by Crippen LogP contribution is -2.36. The topological polar surface area (TPSA) is 48.9 Å². The van der Waals surface area contributed by atoms with Gasteiger partial charge in [-0.15, -0.1) is 0 Å². The van der Waals surface area contributed by atoms with Crippen LogP contribution in [0.3, 0.4) is 0 Å². The zero-order valence-electron chi connectivity index (χ0n) is 12.5. The van der Waals surface area contributed by atoms with E-state index in [2.05, 4.69) is 0 Å². The van der Waals surface area contributed by atoms with Crippen molar-refractivity contribution in [3.05, 3.63) is 56.9 Å². The second-order valence-electron chi connectivity index (χ2n) is 5.42. The molecule has 0 atom stereocenters. The van der Waals surface area contributed by atoms with Gasteiger partial charge in [0.2, 0.25) is 0 Å². The summed E-state index contributed by atoms with van der Waals surface area (Å²) in [5.41, 5.74) is 3.03. The third kappa shape index (κ3) is 1.85. The maximum Gasteiger partial charge on any atom is 0.330 e. The monoisotopic (exact) mass is 283 g/mol. The predicted octanol–water partition coefficient (Wildman–Crippen LogP) is 1.55. The third-order valence-electron chi connectivity index (χ3n) is 3.91. The normalized spacial score (nSPS) is 11.2. The molecule has 5 heteroatoms. The minimum absolute atomic E-state index is 0.259. The van der Waals surface area contributed by atoms with Crippen molar-refractivity contribution in [2.24, 2.45) is 21.1 Å². The van der Waals surface area contributed by atoms with Crippen molar-refractivity contribution >= 4 is 10.9 Å². The van der Waals surface area contributed by atoms with Gasteiger partial charge in [0.15, 0.2) is 0 Å². The average molecular weight is 283 g/mol. The van der Waals surface area contributed by atoms with Crippen molar-refractivity contribution < 1.29 is 0 Å². The summed E-state index contributed by atoms with van der Waals surface area (Å²) in [6, 6.07) is 8.00. The molecule has 0 aliphatic carbocycles. The lowest BCUT2D eigenvalue weighted by Gasteiger charge is -2.07. The lowest BCUT2D eigenvalue weighted by molar-refractivity contribution is 0.714. The molecule has 3 aromatic rings. The van der Waals surface area contributed by atoms with E-state index in [0.717, 1.165) is 21.4 Å². The maximum atomic E-state index is 12.5. The smallest absolute Gasteiger partial charge is 0.330 e. The van der Waals surface area contributed by atoms with Gasteiger partial charge in [-0.1, -0.05) is 23.8 Å². The molecule has 0 radical (unpaired) electrons. The van der Waals surface area contributed by atoms with Crippen LogP contribution in [0.4, 0.5) is 0 Å². The van der Waals surface area contributed by atoms with E-state index in [-0.39, 0.29) is 11.2 Å². The number of fused-ring (bicyclic) bond motifs is 1. The molecule has 0 amide bonds. The molecule has 3 rings (SSSR count). The van der Waals surface area contributed by atoms with E-state index in [1.54, 1.807) is 7.05 Å². The molecule has 21 heavy (non-hydrogen) atoms. The third-order valence-corrected chi connectivity index (χ3v) is 3.91. The van der Waals surface area contributed by atoms with Gasteiger partial charge in [0.25, 0.3) is 5.56 Å². The van der Waals surface area contributed by atoms with Crippen LogP contribution in [-0.2, 0) is 21.1 Å². The van der Waals surface area contributed by atoms with Gasteiger partial charge < -0.3 is 4.57 Å². The van der Waals surface area contributed by atoms with E-state index in [9.17, 15) is 9.59 Å². The molecule has 0 aliphatic rings. The molecule has 0 saturated heterocycles. The lowest BCUT2D eigenvalue weighted by atomic mass is 10.1. The van der Waals surface area contributed by atoms with Crippen LogP contribution in [0.5, 0.6) is 0 Å². The van der Waals surface area contributed by atoms with Crippen molar-refractivity contribution in [1.82, 2.24) is 13.7 Å². The van der Waals surface area contributed by atoms with Gasteiger partial charge in [0.05, 0.1) is 16.6 Å². The van der Waals surface area contributed by atoms with Crippen molar-refractivity contribution in [3.8, 4) is 11.3 Å². The highest BCUT2D eigenvalue weighted by molar-refractivity contribution is 5.93. The van der Waals surface area contributed by atoms with Gasteiger partial charge in [0, 0.05) is 27.3 Å². The Kier molecular flexibility index (Phi) is 2.86. The standard InChI is InChI=1S/C16H17N3O2/c1-10-6-5-7-11(8-10)14-13-12(9-17(14)2)18(3)16(21)19(4)15(13)20/h5-9H,1-4H3. The Labute approximate surface area is 121 Å². The molecular weight excluding hydrogens is 266 g/mol. The van der Waals surface area contributed by atoms with E-state index in [1.165, 1.54) is 11.6 Å². The minimum atomic E-state index is -0.311. The first kappa shape index (κ1) is 13.4. The molecule has 0 unspecified atom stereocenters. The molecule has 0 aliphatic heterocycles. The molecule has 0 spiro atoms. The fourth-order valence-corrected chi connectivity index (χ4v) is 2.80. The Hall–Kier alpha value is -2.56. The summed E-state index contributed by atoms with van der Waals surface area (Å²) >= 11 is 0. The van der Waals surface area contributed by atoms with E-state index in [0.29, 0.717) is 10.9 Å². The quantitative estimate of drug-likeness (QED) is 0.680. The summed E-state index contributed by atoms with van der Waals surface area (Å²) in [6.07, 6.45) is 1.83. The Morgan fingerprint density at radius 3 is 2.38 bits per heavy atom. The van der Waals surface area contributed by atoms with Crippen LogP contribution in [-0.4, -0.2) is 13.7 Å². The van der Waals surface area contributed by atoms with Crippen molar-refractivity contribution in [3.63, 3.8) is 0 Å². The van der Waals surface area contributed by atoms with E-state index >= 15 is 0 Å². The number of benzene rings is 1. The van der Waals surface area contributed by atoms with Crippen molar-refractivity contribution in [2.75, 3.05) is 0 Å². The van der Waals surface area contributed by atoms with E-state index in [4.69, 9.17) is 0 Å². The van der Waals surface area contributed by atoms with Crippen molar-refractivity contribution in [2.45, 2.75) is 6.92 Å². The Balaban J connectivity index is 2.53. The molecule has 0 saturated carbocycles. The Bertz CT molecular complexity index is 974. The summed E-state index contributed by atoms with van der Waals surface area (Å²) < 4.78 is 4.57. The first-order valence-electron chi connectivity index (χ1n) is 6.74. The van der Waals surface area contributed by atoms with Crippen LogP contribution < -0.4 is 11.2 Å². The average Bonchev–Trinajstić information content (AvgIpc) is 2.80. The second kappa shape index (κ2) is 4.48. The molecule has 0 N–H and O–H groups in total. The van der Waals surface area contributed by atoms with Crippen LogP contribution in [0, 0.1) is 6.92 Å². The predicted molar refractivity (Wildman–Crippen MR) is 83.6 cm³/mol. The molecule has 0 fully saturated rings. The number of aryl methyl sites for hydroxylation is 3. The van der Waals surface area contributed by atoms with Crippen LogP contribution in [0.2, 0.25) is 0 Å². The summed E-state index contributed by atoms with van der Waals surface area (Å²) in [5.74, 6) is 0. The number of hydrogen-bond acceptors (Lipinski definition) is 2.